The Morgan fingerprint density at radius 3 is 2.71 bits per heavy atom. The van der Waals surface area contributed by atoms with Gasteiger partial charge in [-0.2, -0.15) is 0 Å². The minimum atomic E-state index is -0.982. The van der Waals surface area contributed by atoms with E-state index in [1.807, 2.05) is 12.1 Å². The molecule has 0 aliphatic carbocycles. The predicted molar refractivity (Wildman–Crippen MR) is 61.0 cm³/mol. The molecule has 0 aliphatic rings. The molecule has 0 fully saturated rings. The van der Waals surface area contributed by atoms with Crippen LogP contribution in [-0.4, -0.2) is 27.7 Å². The van der Waals surface area contributed by atoms with E-state index in [9.17, 15) is 4.79 Å². The molecular formula is C12H12N2O3. The van der Waals surface area contributed by atoms with Gasteiger partial charge in [0.05, 0.1) is 0 Å². The van der Waals surface area contributed by atoms with Crippen molar-refractivity contribution in [3.05, 3.63) is 48.0 Å². The quantitative estimate of drug-likeness (QED) is 0.818. The van der Waals surface area contributed by atoms with Crippen LogP contribution >= 0.6 is 0 Å². The van der Waals surface area contributed by atoms with E-state index in [4.69, 9.17) is 9.84 Å². The molecule has 0 saturated carbocycles. The number of carboxylic acid groups (broad SMARTS) is 1. The van der Waals surface area contributed by atoms with Crippen molar-refractivity contribution in [1.82, 2.24) is 9.97 Å². The Morgan fingerprint density at radius 2 is 2.12 bits per heavy atom. The average molecular weight is 232 g/mol. The van der Waals surface area contributed by atoms with Crippen molar-refractivity contribution in [2.24, 2.45) is 0 Å². The maximum atomic E-state index is 10.3. The second-order valence-corrected chi connectivity index (χ2v) is 3.54. The number of nitrogens with one attached hydrogen (secondary N) is 1. The zero-order chi connectivity index (χ0) is 12.1. The average Bonchev–Trinajstić information content (AvgIpc) is 2.81. The van der Waals surface area contributed by atoms with E-state index in [1.165, 1.54) is 0 Å². The van der Waals surface area contributed by atoms with Crippen LogP contribution in [0.5, 0.6) is 5.75 Å². The predicted octanol–water partition coefficient (Wildman–Crippen LogP) is 1.46. The number of aliphatic carboxylic acids is 1. The Labute approximate surface area is 98.1 Å². The SMILES string of the molecule is O=C(O)COc1ccc(Cc2ncc[nH]2)cc1. The van der Waals surface area contributed by atoms with E-state index in [2.05, 4.69) is 9.97 Å². The van der Waals surface area contributed by atoms with Gasteiger partial charge in [-0.25, -0.2) is 9.78 Å². The maximum Gasteiger partial charge on any atom is 0.341 e. The topological polar surface area (TPSA) is 75.2 Å². The zero-order valence-electron chi connectivity index (χ0n) is 9.09. The van der Waals surface area contributed by atoms with Gasteiger partial charge < -0.3 is 14.8 Å². The number of nitrogens with zero attached hydrogens (tertiary/aromatic N) is 1. The van der Waals surface area contributed by atoms with Crippen LogP contribution in [0.25, 0.3) is 0 Å². The van der Waals surface area contributed by atoms with Crippen LogP contribution < -0.4 is 4.74 Å². The molecule has 0 unspecified atom stereocenters. The monoisotopic (exact) mass is 232 g/mol. The van der Waals surface area contributed by atoms with E-state index in [-0.39, 0.29) is 6.61 Å². The Morgan fingerprint density at radius 1 is 1.35 bits per heavy atom. The standard InChI is InChI=1S/C12H12N2O3/c15-12(16)8-17-10-3-1-9(2-4-10)7-11-13-5-6-14-11/h1-6H,7-8H2,(H,13,14)(H,15,16). The third-order valence-corrected chi connectivity index (χ3v) is 2.21. The molecule has 0 bridgehead atoms. The van der Waals surface area contributed by atoms with Crippen LogP contribution in [0.4, 0.5) is 0 Å². The number of aromatic amines is 1. The van der Waals surface area contributed by atoms with Crippen molar-refractivity contribution in [1.29, 1.82) is 0 Å². The highest BCUT2D eigenvalue weighted by Gasteiger charge is 2.01. The van der Waals surface area contributed by atoms with Gasteiger partial charge >= 0.3 is 5.97 Å². The maximum absolute atomic E-state index is 10.3. The first kappa shape index (κ1) is 11.2. The van der Waals surface area contributed by atoms with Gasteiger partial charge in [-0.3, -0.25) is 0 Å². The third-order valence-electron chi connectivity index (χ3n) is 2.21. The summed E-state index contributed by atoms with van der Waals surface area (Å²) in [5.41, 5.74) is 1.09. The molecule has 5 nitrogen and oxygen atoms in total. The van der Waals surface area contributed by atoms with Crippen LogP contribution in [0.1, 0.15) is 11.4 Å². The molecule has 0 saturated heterocycles. The Balaban J connectivity index is 1.95. The molecule has 1 aromatic heterocycles. The van der Waals surface area contributed by atoms with Gasteiger partial charge in [-0.05, 0) is 17.7 Å². The first-order valence-corrected chi connectivity index (χ1v) is 5.16. The normalized spacial score (nSPS) is 10.1. The van der Waals surface area contributed by atoms with E-state index in [1.54, 1.807) is 24.5 Å². The summed E-state index contributed by atoms with van der Waals surface area (Å²) in [6, 6.07) is 7.28. The number of benzene rings is 1. The molecule has 0 radical (unpaired) electrons. The molecule has 2 N–H and O–H groups in total. The lowest BCUT2D eigenvalue weighted by atomic mass is 10.1. The Kier molecular flexibility index (Phi) is 3.40. The molecule has 1 heterocycles. The van der Waals surface area contributed by atoms with Gasteiger partial charge in [-0.1, -0.05) is 12.1 Å². The van der Waals surface area contributed by atoms with Crippen LogP contribution in [0, 0.1) is 0 Å². The molecule has 0 amide bonds. The van der Waals surface area contributed by atoms with Gasteiger partial charge in [0.15, 0.2) is 6.61 Å². The van der Waals surface area contributed by atoms with Crippen molar-refractivity contribution in [2.45, 2.75) is 6.42 Å². The van der Waals surface area contributed by atoms with Gasteiger partial charge in [0.25, 0.3) is 0 Å². The fourth-order valence-electron chi connectivity index (χ4n) is 1.44. The summed E-state index contributed by atoms with van der Waals surface area (Å²) in [7, 11) is 0. The van der Waals surface area contributed by atoms with Gasteiger partial charge in [0, 0.05) is 18.8 Å². The highest BCUT2D eigenvalue weighted by Crippen LogP contribution is 2.13. The lowest BCUT2D eigenvalue weighted by Gasteiger charge is -2.04. The zero-order valence-corrected chi connectivity index (χ0v) is 9.09. The Bertz CT molecular complexity index is 477. The van der Waals surface area contributed by atoms with E-state index in [0.29, 0.717) is 12.2 Å². The summed E-state index contributed by atoms with van der Waals surface area (Å²) >= 11 is 0. The minimum Gasteiger partial charge on any atom is -0.482 e. The number of hydrogen-bond acceptors (Lipinski definition) is 3. The molecule has 0 atom stereocenters. The second kappa shape index (κ2) is 5.16. The van der Waals surface area contributed by atoms with Crippen molar-refractivity contribution >= 4 is 5.97 Å². The minimum absolute atomic E-state index is 0.322. The van der Waals surface area contributed by atoms with Gasteiger partial charge in [0.1, 0.15) is 11.6 Å². The number of rotatable bonds is 5. The first-order chi connectivity index (χ1) is 8.24. The van der Waals surface area contributed by atoms with Gasteiger partial charge in [0.2, 0.25) is 0 Å². The smallest absolute Gasteiger partial charge is 0.341 e. The highest BCUT2D eigenvalue weighted by atomic mass is 16.5. The number of H-pyrrole nitrogens is 1. The molecule has 0 aliphatic heterocycles. The second-order valence-electron chi connectivity index (χ2n) is 3.54. The molecule has 2 aromatic rings. The first-order valence-electron chi connectivity index (χ1n) is 5.16. The summed E-state index contributed by atoms with van der Waals surface area (Å²) in [6.07, 6.45) is 4.20. The summed E-state index contributed by atoms with van der Waals surface area (Å²) in [6.45, 7) is -0.322. The van der Waals surface area contributed by atoms with E-state index >= 15 is 0 Å². The number of imidazole rings is 1. The lowest BCUT2D eigenvalue weighted by molar-refractivity contribution is -0.139. The number of hydrogen-bond donors (Lipinski definition) is 2. The fraction of sp³-hybridized carbons (Fsp3) is 0.167. The van der Waals surface area contributed by atoms with Crippen molar-refractivity contribution in [3.8, 4) is 5.75 Å². The number of aromatic nitrogens is 2. The number of ether oxygens (including phenoxy) is 1. The Hall–Kier alpha value is -2.30. The van der Waals surface area contributed by atoms with E-state index < -0.39 is 5.97 Å². The van der Waals surface area contributed by atoms with Gasteiger partial charge in [-0.15, -0.1) is 0 Å². The lowest BCUT2D eigenvalue weighted by Crippen LogP contribution is -2.09. The molecule has 5 heteroatoms. The van der Waals surface area contributed by atoms with Crippen LogP contribution in [0.3, 0.4) is 0 Å². The molecule has 1 aromatic carbocycles. The summed E-state index contributed by atoms with van der Waals surface area (Å²) in [4.78, 5) is 17.5. The van der Waals surface area contributed by atoms with Crippen LogP contribution in [0.2, 0.25) is 0 Å². The fourth-order valence-corrected chi connectivity index (χ4v) is 1.44. The highest BCUT2D eigenvalue weighted by molar-refractivity contribution is 5.68. The van der Waals surface area contributed by atoms with Crippen LogP contribution in [-0.2, 0) is 11.2 Å². The molecule has 0 spiro atoms. The van der Waals surface area contributed by atoms with Crippen molar-refractivity contribution in [2.75, 3.05) is 6.61 Å². The summed E-state index contributed by atoms with van der Waals surface area (Å²) < 4.78 is 5.03. The molecule has 17 heavy (non-hydrogen) atoms. The number of carbonyl (C=O) groups is 1. The third kappa shape index (κ3) is 3.34. The summed E-state index contributed by atoms with van der Waals surface area (Å²) in [5, 5.41) is 8.46. The largest absolute Gasteiger partial charge is 0.482 e. The summed E-state index contributed by atoms with van der Waals surface area (Å²) in [5.74, 6) is 0.462. The van der Waals surface area contributed by atoms with Crippen molar-refractivity contribution < 1.29 is 14.6 Å². The van der Waals surface area contributed by atoms with E-state index in [0.717, 1.165) is 11.4 Å². The molecule has 88 valence electrons. The molecule has 2 rings (SSSR count). The van der Waals surface area contributed by atoms with Crippen LogP contribution in [0.15, 0.2) is 36.7 Å². The number of carboxylic acids is 1. The molecular weight excluding hydrogens is 220 g/mol. The van der Waals surface area contributed by atoms with Crippen molar-refractivity contribution in [3.63, 3.8) is 0 Å².